The predicted octanol–water partition coefficient (Wildman–Crippen LogP) is 3.31. The summed E-state index contributed by atoms with van der Waals surface area (Å²) in [6.07, 6.45) is 3.61. The van der Waals surface area contributed by atoms with Crippen LogP contribution in [-0.4, -0.2) is 75.8 Å². The monoisotopic (exact) mass is 532 g/mol. The van der Waals surface area contributed by atoms with E-state index in [0.29, 0.717) is 24.6 Å². The molecule has 0 spiro atoms. The van der Waals surface area contributed by atoms with Gasteiger partial charge in [0.1, 0.15) is 11.5 Å². The van der Waals surface area contributed by atoms with E-state index in [4.69, 9.17) is 4.98 Å². The van der Waals surface area contributed by atoms with Crippen LogP contribution in [0.5, 0.6) is 0 Å². The Morgan fingerprint density at radius 1 is 1.08 bits per heavy atom. The van der Waals surface area contributed by atoms with Crippen LogP contribution in [0.25, 0.3) is 22.3 Å². The molecule has 6 heterocycles. The van der Waals surface area contributed by atoms with Gasteiger partial charge in [-0.05, 0) is 30.7 Å². The number of anilines is 2. The SMILES string of the molecule is CC1=Nc2ccc(-c3c[nH]c4nc(NCc5ccc(N6CCNCC6)nc5)ncc34)nc2CC1NCC(F)F. The topological polar surface area (TPSA) is 119 Å². The van der Waals surface area contributed by atoms with Crippen molar-refractivity contribution in [2.45, 2.75) is 32.4 Å². The van der Waals surface area contributed by atoms with Gasteiger partial charge in [0.15, 0.2) is 0 Å². The van der Waals surface area contributed by atoms with Crippen LogP contribution in [0.3, 0.4) is 0 Å². The molecule has 0 saturated carbocycles. The quantitative estimate of drug-likeness (QED) is 0.273. The summed E-state index contributed by atoms with van der Waals surface area (Å²) >= 11 is 0. The number of piperazine rings is 1. The molecular weight excluding hydrogens is 502 g/mol. The smallest absolute Gasteiger partial charge is 0.250 e. The second kappa shape index (κ2) is 11.0. The number of aromatic amines is 1. The van der Waals surface area contributed by atoms with Gasteiger partial charge >= 0.3 is 0 Å². The van der Waals surface area contributed by atoms with Crippen molar-refractivity contribution in [3.63, 3.8) is 0 Å². The number of aromatic nitrogens is 5. The Morgan fingerprint density at radius 3 is 2.74 bits per heavy atom. The van der Waals surface area contributed by atoms with Crippen LogP contribution in [0.4, 0.5) is 26.2 Å². The van der Waals surface area contributed by atoms with E-state index in [1.807, 2.05) is 31.5 Å². The zero-order valence-electron chi connectivity index (χ0n) is 21.6. The zero-order chi connectivity index (χ0) is 26.8. The van der Waals surface area contributed by atoms with Crippen molar-refractivity contribution >= 4 is 34.2 Å². The van der Waals surface area contributed by atoms with E-state index in [9.17, 15) is 8.78 Å². The number of aliphatic imine (C=N–C) groups is 1. The highest BCUT2D eigenvalue weighted by Crippen LogP contribution is 2.31. The molecule has 2 aliphatic heterocycles. The summed E-state index contributed by atoms with van der Waals surface area (Å²) in [5.41, 5.74) is 5.68. The molecule has 0 bridgehead atoms. The average molecular weight is 533 g/mol. The van der Waals surface area contributed by atoms with Crippen LogP contribution in [0.2, 0.25) is 0 Å². The van der Waals surface area contributed by atoms with Crippen molar-refractivity contribution in [3.8, 4) is 11.3 Å². The highest BCUT2D eigenvalue weighted by atomic mass is 19.3. The number of nitrogens with zero attached hydrogens (tertiary/aromatic N) is 6. The minimum atomic E-state index is -2.41. The van der Waals surface area contributed by atoms with E-state index < -0.39 is 6.43 Å². The molecule has 4 aromatic heterocycles. The van der Waals surface area contributed by atoms with Crippen LogP contribution >= 0.6 is 0 Å². The molecule has 1 atom stereocenters. The molecule has 12 heteroatoms. The van der Waals surface area contributed by atoms with E-state index in [2.05, 4.69) is 57.9 Å². The van der Waals surface area contributed by atoms with Gasteiger partial charge < -0.3 is 25.8 Å². The molecule has 202 valence electrons. The van der Waals surface area contributed by atoms with E-state index >= 15 is 0 Å². The Balaban J connectivity index is 1.14. The first-order chi connectivity index (χ1) is 19.0. The van der Waals surface area contributed by atoms with Gasteiger partial charge in [-0.2, -0.15) is 4.98 Å². The fourth-order valence-electron chi connectivity index (χ4n) is 4.94. The molecule has 1 unspecified atom stereocenters. The molecule has 0 aromatic carbocycles. The number of hydrogen-bond donors (Lipinski definition) is 4. The first kappa shape index (κ1) is 25.3. The summed E-state index contributed by atoms with van der Waals surface area (Å²) in [6, 6.07) is 7.70. The van der Waals surface area contributed by atoms with Crippen LogP contribution in [0.1, 0.15) is 18.2 Å². The summed E-state index contributed by atoms with van der Waals surface area (Å²) < 4.78 is 25.4. The third-order valence-electron chi connectivity index (χ3n) is 7.08. The Hall–Kier alpha value is -4.03. The van der Waals surface area contributed by atoms with Gasteiger partial charge in [0.2, 0.25) is 5.95 Å². The Bertz CT molecular complexity index is 1480. The third-order valence-corrected chi connectivity index (χ3v) is 7.08. The van der Waals surface area contributed by atoms with E-state index in [1.165, 1.54) is 0 Å². The molecule has 10 nitrogen and oxygen atoms in total. The van der Waals surface area contributed by atoms with Gasteiger partial charge in [0.05, 0.1) is 29.7 Å². The van der Waals surface area contributed by atoms with Crippen LogP contribution in [-0.2, 0) is 13.0 Å². The first-order valence-electron chi connectivity index (χ1n) is 13.1. The lowest BCUT2D eigenvalue weighted by Gasteiger charge is -2.28. The molecule has 1 saturated heterocycles. The second-order valence-electron chi connectivity index (χ2n) is 9.75. The molecule has 39 heavy (non-hydrogen) atoms. The number of pyridine rings is 2. The fourth-order valence-corrected chi connectivity index (χ4v) is 4.94. The zero-order valence-corrected chi connectivity index (χ0v) is 21.6. The normalized spacial score (nSPS) is 17.4. The molecule has 6 rings (SSSR count). The molecule has 0 amide bonds. The summed E-state index contributed by atoms with van der Waals surface area (Å²) in [6.45, 7) is 5.91. The summed E-state index contributed by atoms with van der Waals surface area (Å²) in [7, 11) is 0. The van der Waals surface area contributed by atoms with Crippen LogP contribution in [0.15, 0.2) is 47.8 Å². The first-order valence-corrected chi connectivity index (χ1v) is 13.1. The second-order valence-corrected chi connectivity index (χ2v) is 9.75. The van der Waals surface area contributed by atoms with Gasteiger partial charge in [-0.15, -0.1) is 0 Å². The maximum Gasteiger partial charge on any atom is 0.250 e. The summed E-state index contributed by atoms with van der Waals surface area (Å²) in [5.74, 6) is 1.51. The fraction of sp³-hybridized carbons (Fsp3) is 0.370. The van der Waals surface area contributed by atoms with Crippen molar-refractivity contribution in [3.05, 3.63) is 54.1 Å². The van der Waals surface area contributed by atoms with Gasteiger partial charge in [-0.3, -0.25) is 9.98 Å². The standard InChI is InChI=1S/C27H30F2N10/c1-16-22(31-15-24(28)29)10-23-21(36-16)4-3-20(37-23)18-13-33-26-19(18)14-35-27(38-26)34-12-17-2-5-25(32-11-17)39-8-6-30-7-9-39/h2-5,11,13-14,22,24,30-31H,6-10,12,15H2,1H3,(H2,33,34,35,38). The Kier molecular flexibility index (Phi) is 7.12. The summed E-state index contributed by atoms with van der Waals surface area (Å²) in [5, 5.41) is 10.4. The highest BCUT2D eigenvalue weighted by molar-refractivity contribution is 5.94. The van der Waals surface area contributed by atoms with Crippen molar-refractivity contribution in [1.29, 1.82) is 0 Å². The molecule has 0 radical (unpaired) electrons. The molecule has 2 aliphatic rings. The molecule has 0 aliphatic carbocycles. The van der Waals surface area contributed by atoms with E-state index in [0.717, 1.165) is 71.3 Å². The molecule has 4 aromatic rings. The lowest BCUT2D eigenvalue weighted by atomic mass is 10.0. The molecule has 4 N–H and O–H groups in total. The van der Waals surface area contributed by atoms with Crippen LogP contribution < -0.4 is 20.9 Å². The minimum Gasteiger partial charge on any atom is -0.354 e. The van der Waals surface area contributed by atoms with Crippen molar-refractivity contribution in [1.82, 2.24) is 35.6 Å². The van der Waals surface area contributed by atoms with Crippen molar-refractivity contribution < 1.29 is 8.78 Å². The minimum absolute atomic E-state index is 0.261. The van der Waals surface area contributed by atoms with Crippen LogP contribution in [0, 0.1) is 0 Å². The number of halogens is 2. The van der Waals surface area contributed by atoms with Gasteiger partial charge in [-0.1, -0.05) is 6.07 Å². The van der Waals surface area contributed by atoms with Crippen molar-refractivity contribution in [2.75, 3.05) is 42.9 Å². The number of alkyl halides is 2. The molecular formula is C27H30F2N10. The largest absolute Gasteiger partial charge is 0.354 e. The number of nitrogens with one attached hydrogen (secondary N) is 4. The third kappa shape index (κ3) is 5.57. The Morgan fingerprint density at radius 2 is 1.95 bits per heavy atom. The Labute approximate surface area is 224 Å². The number of fused-ring (bicyclic) bond motifs is 2. The predicted molar refractivity (Wildman–Crippen MR) is 148 cm³/mol. The average Bonchev–Trinajstić information content (AvgIpc) is 3.39. The van der Waals surface area contributed by atoms with Crippen molar-refractivity contribution in [2.24, 2.45) is 4.99 Å². The maximum absolute atomic E-state index is 12.7. The number of H-pyrrole nitrogens is 1. The van der Waals surface area contributed by atoms with E-state index in [-0.39, 0.29) is 12.6 Å². The molecule has 1 fully saturated rings. The maximum atomic E-state index is 12.7. The van der Waals surface area contributed by atoms with Gasteiger partial charge in [0, 0.05) is 74.4 Å². The van der Waals surface area contributed by atoms with Gasteiger partial charge in [-0.25, -0.2) is 18.7 Å². The van der Waals surface area contributed by atoms with Gasteiger partial charge in [0.25, 0.3) is 6.43 Å². The summed E-state index contributed by atoms with van der Waals surface area (Å²) in [4.78, 5) is 28.7. The highest BCUT2D eigenvalue weighted by Gasteiger charge is 2.23. The number of rotatable bonds is 8. The lowest BCUT2D eigenvalue weighted by molar-refractivity contribution is 0.144. The number of hydrogen-bond acceptors (Lipinski definition) is 9. The van der Waals surface area contributed by atoms with E-state index in [1.54, 1.807) is 6.20 Å². The lowest BCUT2D eigenvalue weighted by Crippen LogP contribution is -2.43.